The lowest BCUT2D eigenvalue weighted by Crippen LogP contribution is -2.07. The van der Waals surface area contributed by atoms with Gasteiger partial charge in [0.15, 0.2) is 0 Å². The van der Waals surface area contributed by atoms with Gasteiger partial charge in [0, 0.05) is 18.3 Å². The lowest BCUT2D eigenvalue weighted by atomic mass is 10.1. The van der Waals surface area contributed by atoms with Crippen molar-refractivity contribution in [2.75, 3.05) is 21.3 Å². The first-order valence-corrected chi connectivity index (χ1v) is 5.95. The number of rotatable bonds is 5. The minimum absolute atomic E-state index is 0.410. The molecule has 0 heterocycles. The van der Waals surface area contributed by atoms with Gasteiger partial charge in [0.2, 0.25) is 0 Å². The van der Waals surface area contributed by atoms with Crippen molar-refractivity contribution in [3.8, 4) is 5.75 Å². The Bertz CT molecular complexity index is 504. The molecule has 1 aromatic rings. The maximum Gasteiger partial charge on any atom is 0.341 e. The number of nitrogens with one attached hydrogen (secondary N) is 1. The highest BCUT2D eigenvalue weighted by molar-refractivity contribution is 5.93. The minimum Gasteiger partial charge on any atom is -0.496 e. The number of carbonyl (C=O) groups is 1. The number of allylic oxidation sites excluding steroid dienone is 3. The summed E-state index contributed by atoms with van der Waals surface area (Å²) in [6.07, 6.45) is 5.83. The van der Waals surface area contributed by atoms with Crippen molar-refractivity contribution in [1.82, 2.24) is 5.32 Å². The minimum atomic E-state index is -0.410. The van der Waals surface area contributed by atoms with Crippen LogP contribution in [0, 0.1) is 0 Å². The molecule has 0 spiro atoms. The van der Waals surface area contributed by atoms with Gasteiger partial charge in [-0.2, -0.15) is 0 Å². The molecule has 4 heteroatoms. The Hall–Kier alpha value is -2.23. The molecule has 19 heavy (non-hydrogen) atoms. The Morgan fingerprint density at radius 1 is 1.32 bits per heavy atom. The summed E-state index contributed by atoms with van der Waals surface area (Å²) >= 11 is 0. The molecule has 102 valence electrons. The van der Waals surface area contributed by atoms with Crippen molar-refractivity contribution in [2.24, 2.45) is 0 Å². The van der Waals surface area contributed by atoms with E-state index in [4.69, 9.17) is 9.47 Å². The molecule has 1 aromatic carbocycles. The van der Waals surface area contributed by atoms with Gasteiger partial charge >= 0.3 is 5.97 Å². The second-order valence-electron chi connectivity index (χ2n) is 3.76. The number of methoxy groups -OCH3 is 2. The van der Waals surface area contributed by atoms with E-state index in [9.17, 15) is 4.79 Å². The van der Waals surface area contributed by atoms with Crippen molar-refractivity contribution >= 4 is 11.7 Å². The molecule has 1 N–H and O–H groups in total. The van der Waals surface area contributed by atoms with Crippen molar-refractivity contribution < 1.29 is 14.3 Å². The summed E-state index contributed by atoms with van der Waals surface area (Å²) in [6, 6.07) is 5.35. The standard InChI is InChI=1S/C15H19NO3/c1-5-6-7-13(16-2)11-8-9-12(15(17)19-4)14(10-11)18-3/h5-10,16H,1-4H3/b6-5-,13-7-. The van der Waals surface area contributed by atoms with E-state index in [0.717, 1.165) is 11.3 Å². The van der Waals surface area contributed by atoms with Crippen LogP contribution in [-0.2, 0) is 4.74 Å². The van der Waals surface area contributed by atoms with Crippen molar-refractivity contribution in [3.63, 3.8) is 0 Å². The van der Waals surface area contributed by atoms with E-state index >= 15 is 0 Å². The molecular formula is C15H19NO3. The van der Waals surface area contributed by atoms with Gasteiger partial charge in [0.25, 0.3) is 0 Å². The summed E-state index contributed by atoms with van der Waals surface area (Å²) in [5, 5.41) is 3.11. The molecule has 0 fully saturated rings. The van der Waals surface area contributed by atoms with E-state index in [2.05, 4.69) is 5.32 Å². The summed E-state index contributed by atoms with van der Waals surface area (Å²) in [6.45, 7) is 1.95. The molecule has 0 aliphatic carbocycles. The van der Waals surface area contributed by atoms with E-state index in [1.807, 2.05) is 38.3 Å². The Morgan fingerprint density at radius 3 is 2.58 bits per heavy atom. The topological polar surface area (TPSA) is 47.6 Å². The fourth-order valence-corrected chi connectivity index (χ4v) is 1.65. The lowest BCUT2D eigenvalue weighted by molar-refractivity contribution is 0.0597. The molecule has 0 radical (unpaired) electrons. The quantitative estimate of drug-likeness (QED) is 0.654. The van der Waals surface area contributed by atoms with Crippen LogP contribution in [0.15, 0.2) is 36.4 Å². The molecule has 0 aliphatic rings. The van der Waals surface area contributed by atoms with E-state index in [-0.39, 0.29) is 0 Å². The van der Waals surface area contributed by atoms with Gasteiger partial charge in [0.1, 0.15) is 11.3 Å². The first-order valence-electron chi connectivity index (χ1n) is 5.95. The van der Waals surface area contributed by atoms with Gasteiger partial charge in [-0.15, -0.1) is 0 Å². The Morgan fingerprint density at radius 2 is 2.05 bits per heavy atom. The fraction of sp³-hybridized carbons (Fsp3) is 0.267. The smallest absolute Gasteiger partial charge is 0.341 e. The van der Waals surface area contributed by atoms with Crippen LogP contribution in [0.4, 0.5) is 0 Å². The normalized spacial score (nSPS) is 11.5. The van der Waals surface area contributed by atoms with E-state index in [1.54, 1.807) is 12.1 Å². The highest BCUT2D eigenvalue weighted by atomic mass is 16.5. The van der Waals surface area contributed by atoms with Crippen molar-refractivity contribution in [3.05, 3.63) is 47.6 Å². The van der Waals surface area contributed by atoms with Crippen LogP contribution in [-0.4, -0.2) is 27.2 Å². The SMILES string of the molecule is C/C=C\C=C(/NC)c1ccc(C(=O)OC)c(OC)c1. The second kappa shape index (κ2) is 7.26. The lowest BCUT2D eigenvalue weighted by Gasteiger charge is -2.11. The van der Waals surface area contributed by atoms with Crippen LogP contribution < -0.4 is 10.1 Å². The van der Waals surface area contributed by atoms with Gasteiger partial charge < -0.3 is 14.8 Å². The fourth-order valence-electron chi connectivity index (χ4n) is 1.65. The number of hydrogen-bond donors (Lipinski definition) is 1. The summed E-state index contributed by atoms with van der Waals surface area (Å²) in [5.41, 5.74) is 2.29. The molecule has 0 saturated heterocycles. The summed E-state index contributed by atoms with van der Waals surface area (Å²) in [7, 11) is 4.72. The predicted octanol–water partition coefficient (Wildman–Crippen LogP) is 2.62. The van der Waals surface area contributed by atoms with E-state index in [1.165, 1.54) is 14.2 Å². The zero-order valence-electron chi connectivity index (χ0n) is 11.7. The molecule has 1 rings (SSSR count). The van der Waals surface area contributed by atoms with Gasteiger partial charge in [-0.25, -0.2) is 4.79 Å². The monoisotopic (exact) mass is 261 g/mol. The van der Waals surface area contributed by atoms with Crippen LogP contribution in [0.2, 0.25) is 0 Å². The molecule has 0 amide bonds. The van der Waals surface area contributed by atoms with Crippen LogP contribution in [0.3, 0.4) is 0 Å². The average molecular weight is 261 g/mol. The highest BCUT2D eigenvalue weighted by Crippen LogP contribution is 2.24. The maximum absolute atomic E-state index is 11.6. The first kappa shape index (κ1) is 14.8. The molecule has 0 saturated carbocycles. The maximum atomic E-state index is 11.6. The third kappa shape index (κ3) is 3.61. The number of hydrogen-bond acceptors (Lipinski definition) is 4. The van der Waals surface area contributed by atoms with Gasteiger partial charge in [-0.1, -0.05) is 18.2 Å². The molecule has 0 bridgehead atoms. The molecule has 0 unspecified atom stereocenters. The van der Waals surface area contributed by atoms with Gasteiger partial charge in [0.05, 0.1) is 14.2 Å². The zero-order chi connectivity index (χ0) is 14.3. The van der Waals surface area contributed by atoms with E-state index < -0.39 is 5.97 Å². The Kier molecular flexibility index (Phi) is 5.67. The summed E-state index contributed by atoms with van der Waals surface area (Å²) < 4.78 is 9.94. The van der Waals surface area contributed by atoms with Crippen LogP contribution in [0.5, 0.6) is 5.75 Å². The average Bonchev–Trinajstić information content (AvgIpc) is 2.46. The second-order valence-corrected chi connectivity index (χ2v) is 3.76. The van der Waals surface area contributed by atoms with Crippen molar-refractivity contribution in [1.29, 1.82) is 0 Å². The number of esters is 1. The number of carbonyl (C=O) groups excluding carboxylic acids is 1. The van der Waals surface area contributed by atoms with Gasteiger partial charge in [-0.05, 0) is 25.1 Å². The molecule has 0 aliphatic heterocycles. The highest BCUT2D eigenvalue weighted by Gasteiger charge is 2.13. The van der Waals surface area contributed by atoms with Gasteiger partial charge in [-0.3, -0.25) is 0 Å². The Balaban J connectivity index is 3.22. The summed E-state index contributed by atoms with van der Waals surface area (Å²) in [4.78, 5) is 11.6. The summed E-state index contributed by atoms with van der Waals surface area (Å²) in [5.74, 6) is 0.0813. The van der Waals surface area contributed by atoms with Crippen LogP contribution in [0.25, 0.3) is 5.70 Å². The van der Waals surface area contributed by atoms with E-state index in [0.29, 0.717) is 11.3 Å². The Labute approximate surface area is 113 Å². The zero-order valence-corrected chi connectivity index (χ0v) is 11.7. The number of benzene rings is 1. The molecule has 4 nitrogen and oxygen atoms in total. The predicted molar refractivity (Wildman–Crippen MR) is 76.2 cm³/mol. The third-order valence-corrected chi connectivity index (χ3v) is 2.64. The van der Waals surface area contributed by atoms with Crippen molar-refractivity contribution in [2.45, 2.75) is 6.92 Å². The molecule has 0 aromatic heterocycles. The molecule has 0 atom stereocenters. The third-order valence-electron chi connectivity index (χ3n) is 2.64. The van der Waals surface area contributed by atoms with Crippen LogP contribution in [0.1, 0.15) is 22.8 Å². The molecular weight excluding hydrogens is 242 g/mol. The largest absolute Gasteiger partial charge is 0.496 e. The first-order chi connectivity index (χ1) is 9.17. The van der Waals surface area contributed by atoms with Crippen LogP contribution >= 0.6 is 0 Å². The number of ether oxygens (including phenoxy) is 2.